The van der Waals surface area contributed by atoms with E-state index in [0.717, 1.165) is 14.6 Å². The zero-order chi connectivity index (χ0) is 14.7. The molecule has 4 nitrogen and oxygen atoms in total. The second-order valence-electron chi connectivity index (χ2n) is 4.45. The second kappa shape index (κ2) is 6.56. The summed E-state index contributed by atoms with van der Waals surface area (Å²) in [5, 5.41) is 9.81. The number of halogens is 1. The SMILES string of the molecule is CCN(CCCO)C(=O)c1sc2cc(Br)ccc2c1N. The Morgan fingerprint density at radius 3 is 2.90 bits per heavy atom. The molecular formula is C14H17BrN2O2S. The maximum Gasteiger partial charge on any atom is 0.266 e. The number of fused-ring (bicyclic) bond motifs is 1. The number of aliphatic hydroxyl groups excluding tert-OH is 1. The second-order valence-corrected chi connectivity index (χ2v) is 6.42. The van der Waals surface area contributed by atoms with E-state index in [-0.39, 0.29) is 12.5 Å². The van der Waals surface area contributed by atoms with E-state index in [0.29, 0.717) is 30.1 Å². The minimum atomic E-state index is -0.0595. The normalized spacial score (nSPS) is 10.9. The summed E-state index contributed by atoms with van der Waals surface area (Å²) in [5.74, 6) is -0.0595. The Balaban J connectivity index is 2.36. The van der Waals surface area contributed by atoms with Gasteiger partial charge in [0.15, 0.2) is 0 Å². The van der Waals surface area contributed by atoms with E-state index in [1.807, 2.05) is 25.1 Å². The topological polar surface area (TPSA) is 66.6 Å². The van der Waals surface area contributed by atoms with Gasteiger partial charge in [0.25, 0.3) is 5.91 Å². The van der Waals surface area contributed by atoms with Crippen LogP contribution < -0.4 is 5.73 Å². The lowest BCUT2D eigenvalue weighted by Gasteiger charge is -2.19. The molecule has 20 heavy (non-hydrogen) atoms. The number of anilines is 1. The number of hydrogen-bond donors (Lipinski definition) is 2. The van der Waals surface area contributed by atoms with Crippen molar-refractivity contribution < 1.29 is 9.90 Å². The lowest BCUT2D eigenvalue weighted by molar-refractivity contribution is 0.0760. The van der Waals surface area contributed by atoms with Crippen molar-refractivity contribution in [2.24, 2.45) is 0 Å². The number of benzene rings is 1. The molecule has 0 aliphatic heterocycles. The van der Waals surface area contributed by atoms with E-state index in [1.165, 1.54) is 11.3 Å². The third-order valence-electron chi connectivity index (χ3n) is 3.14. The molecule has 1 amide bonds. The largest absolute Gasteiger partial charge is 0.397 e. The van der Waals surface area contributed by atoms with Crippen molar-refractivity contribution in [3.05, 3.63) is 27.5 Å². The molecule has 0 spiro atoms. The van der Waals surface area contributed by atoms with Crippen LogP contribution >= 0.6 is 27.3 Å². The molecule has 0 fully saturated rings. The highest BCUT2D eigenvalue weighted by molar-refractivity contribution is 9.10. The van der Waals surface area contributed by atoms with Crippen LogP contribution in [0.25, 0.3) is 10.1 Å². The first kappa shape index (κ1) is 15.3. The van der Waals surface area contributed by atoms with Gasteiger partial charge in [0.05, 0.1) is 5.69 Å². The van der Waals surface area contributed by atoms with Gasteiger partial charge in [0.2, 0.25) is 0 Å². The minimum Gasteiger partial charge on any atom is -0.397 e. The molecule has 0 radical (unpaired) electrons. The van der Waals surface area contributed by atoms with Gasteiger partial charge in [-0.1, -0.05) is 22.0 Å². The van der Waals surface area contributed by atoms with Crippen LogP contribution in [0.2, 0.25) is 0 Å². The fourth-order valence-corrected chi connectivity index (χ4v) is 3.70. The van der Waals surface area contributed by atoms with Gasteiger partial charge in [-0.2, -0.15) is 0 Å². The summed E-state index contributed by atoms with van der Waals surface area (Å²) in [6.07, 6.45) is 0.579. The molecule has 6 heteroatoms. The van der Waals surface area contributed by atoms with Crippen molar-refractivity contribution in [2.75, 3.05) is 25.4 Å². The fourth-order valence-electron chi connectivity index (χ4n) is 2.06. The molecule has 108 valence electrons. The van der Waals surface area contributed by atoms with Crippen LogP contribution in [0.5, 0.6) is 0 Å². The highest BCUT2D eigenvalue weighted by Crippen LogP contribution is 2.35. The molecule has 0 bridgehead atoms. The van der Waals surface area contributed by atoms with Crippen LogP contribution in [-0.4, -0.2) is 35.6 Å². The Morgan fingerprint density at radius 2 is 2.25 bits per heavy atom. The number of nitrogens with zero attached hydrogens (tertiary/aromatic N) is 1. The van der Waals surface area contributed by atoms with Crippen molar-refractivity contribution in [3.8, 4) is 0 Å². The first-order chi connectivity index (χ1) is 9.58. The lowest BCUT2D eigenvalue weighted by atomic mass is 10.2. The van der Waals surface area contributed by atoms with Crippen LogP contribution in [0.3, 0.4) is 0 Å². The Hall–Kier alpha value is -1.11. The van der Waals surface area contributed by atoms with Crippen molar-refractivity contribution in [1.29, 1.82) is 0 Å². The molecule has 0 aliphatic carbocycles. The van der Waals surface area contributed by atoms with Crippen LogP contribution in [0.1, 0.15) is 23.0 Å². The third kappa shape index (κ3) is 2.97. The van der Waals surface area contributed by atoms with Gasteiger partial charge in [0, 0.05) is 34.3 Å². The summed E-state index contributed by atoms with van der Waals surface area (Å²) < 4.78 is 1.97. The van der Waals surface area contributed by atoms with E-state index in [2.05, 4.69) is 15.9 Å². The zero-order valence-electron chi connectivity index (χ0n) is 11.2. The average Bonchev–Trinajstić information content (AvgIpc) is 2.76. The molecule has 0 aliphatic rings. The molecule has 2 aromatic rings. The zero-order valence-corrected chi connectivity index (χ0v) is 13.6. The first-order valence-electron chi connectivity index (χ1n) is 6.46. The third-order valence-corrected chi connectivity index (χ3v) is 4.79. The Kier molecular flexibility index (Phi) is 5.01. The van der Waals surface area contributed by atoms with Gasteiger partial charge in [-0.15, -0.1) is 11.3 Å². The Labute approximate surface area is 130 Å². The van der Waals surface area contributed by atoms with Crippen molar-refractivity contribution >= 4 is 48.9 Å². The van der Waals surface area contributed by atoms with Crippen molar-refractivity contribution in [2.45, 2.75) is 13.3 Å². The highest BCUT2D eigenvalue weighted by Gasteiger charge is 2.20. The summed E-state index contributed by atoms with van der Waals surface area (Å²) in [5.41, 5.74) is 6.66. The monoisotopic (exact) mass is 356 g/mol. The number of nitrogens with two attached hydrogens (primary N) is 1. The van der Waals surface area contributed by atoms with Crippen molar-refractivity contribution in [3.63, 3.8) is 0 Å². The van der Waals surface area contributed by atoms with E-state index in [1.54, 1.807) is 4.90 Å². The van der Waals surface area contributed by atoms with E-state index < -0.39 is 0 Å². The van der Waals surface area contributed by atoms with Gasteiger partial charge >= 0.3 is 0 Å². The quantitative estimate of drug-likeness (QED) is 0.864. The molecule has 0 saturated heterocycles. The number of amides is 1. The number of nitrogen functional groups attached to an aromatic ring is 1. The number of aliphatic hydroxyl groups is 1. The molecule has 1 heterocycles. The number of thiophene rings is 1. The van der Waals surface area contributed by atoms with E-state index >= 15 is 0 Å². The van der Waals surface area contributed by atoms with Crippen LogP contribution in [0.4, 0.5) is 5.69 Å². The molecular weight excluding hydrogens is 340 g/mol. The maximum absolute atomic E-state index is 12.5. The van der Waals surface area contributed by atoms with Crippen LogP contribution in [0.15, 0.2) is 22.7 Å². The number of hydrogen-bond acceptors (Lipinski definition) is 4. The molecule has 0 saturated carbocycles. The summed E-state index contributed by atoms with van der Waals surface area (Å²) in [7, 11) is 0. The summed E-state index contributed by atoms with van der Waals surface area (Å²) in [6.45, 7) is 3.16. The van der Waals surface area contributed by atoms with Crippen LogP contribution in [0, 0.1) is 0 Å². The van der Waals surface area contributed by atoms with Crippen LogP contribution in [-0.2, 0) is 0 Å². The lowest BCUT2D eigenvalue weighted by Crippen LogP contribution is -2.32. The fraction of sp³-hybridized carbons (Fsp3) is 0.357. The highest BCUT2D eigenvalue weighted by atomic mass is 79.9. The summed E-state index contributed by atoms with van der Waals surface area (Å²) in [6, 6.07) is 5.81. The van der Waals surface area contributed by atoms with Gasteiger partial charge in [0.1, 0.15) is 4.88 Å². The minimum absolute atomic E-state index is 0.0595. The smallest absolute Gasteiger partial charge is 0.266 e. The number of rotatable bonds is 5. The molecule has 0 atom stereocenters. The average molecular weight is 357 g/mol. The number of carbonyl (C=O) groups is 1. The molecule has 1 aromatic heterocycles. The maximum atomic E-state index is 12.5. The molecule has 2 rings (SSSR count). The van der Waals surface area contributed by atoms with Gasteiger partial charge in [-0.3, -0.25) is 4.79 Å². The van der Waals surface area contributed by atoms with Gasteiger partial charge in [-0.05, 0) is 25.5 Å². The van der Waals surface area contributed by atoms with Crippen molar-refractivity contribution in [1.82, 2.24) is 4.90 Å². The predicted octanol–water partition coefficient (Wildman–Crippen LogP) is 3.09. The summed E-state index contributed by atoms with van der Waals surface area (Å²) in [4.78, 5) is 14.8. The number of carbonyl (C=O) groups excluding carboxylic acids is 1. The Bertz CT molecular complexity index is 627. The predicted molar refractivity (Wildman–Crippen MR) is 87.2 cm³/mol. The first-order valence-corrected chi connectivity index (χ1v) is 8.07. The molecule has 1 aromatic carbocycles. The summed E-state index contributed by atoms with van der Waals surface area (Å²) >= 11 is 4.84. The van der Waals surface area contributed by atoms with Gasteiger partial charge < -0.3 is 15.7 Å². The molecule has 0 unspecified atom stereocenters. The standard InChI is InChI=1S/C14H17BrN2O2S/c1-2-17(6-3-7-18)14(19)13-12(16)10-5-4-9(15)8-11(10)20-13/h4-5,8,18H,2-3,6-7,16H2,1H3. The van der Waals surface area contributed by atoms with Gasteiger partial charge in [-0.25, -0.2) is 0 Å². The molecule has 3 N–H and O–H groups in total. The van der Waals surface area contributed by atoms with E-state index in [9.17, 15) is 4.79 Å². The Morgan fingerprint density at radius 1 is 1.50 bits per heavy atom. The van der Waals surface area contributed by atoms with E-state index in [4.69, 9.17) is 10.8 Å².